The number of nitrogens with zero attached hydrogens (tertiary/aromatic N) is 2. The molecule has 0 aliphatic rings. The van der Waals surface area contributed by atoms with Crippen LogP contribution in [-0.4, -0.2) is 27.0 Å². The molecule has 0 saturated carbocycles. The molecule has 7 heteroatoms. The smallest absolute Gasteiger partial charge is 0.262 e. The van der Waals surface area contributed by atoms with Crippen molar-refractivity contribution in [1.29, 1.82) is 0 Å². The summed E-state index contributed by atoms with van der Waals surface area (Å²) in [6.45, 7) is 5.27. The summed E-state index contributed by atoms with van der Waals surface area (Å²) in [5, 5.41) is 3.77. The van der Waals surface area contributed by atoms with Gasteiger partial charge in [-0.05, 0) is 50.2 Å². The Hall–Kier alpha value is -2.93. The van der Waals surface area contributed by atoms with E-state index in [1.807, 2.05) is 26.0 Å². The first-order chi connectivity index (χ1) is 13.4. The molecule has 28 heavy (non-hydrogen) atoms. The van der Waals surface area contributed by atoms with Crippen LogP contribution in [0.1, 0.15) is 37.2 Å². The summed E-state index contributed by atoms with van der Waals surface area (Å²) in [5.41, 5.74) is 1.71. The van der Waals surface area contributed by atoms with Crippen LogP contribution >= 0.6 is 11.8 Å². The minimum absolute atomic E-state index is 0.0702. The van der Waals surface area contributed by atoms with Gasteiger partial charge in [-0.3, -0.25) is 19.0 Å². The molecular weight excluding hydrogens is 374 g/mol. The Morgan fingerprint density at radius 2 is 1.79 bits per heavy atom. The van der Waals surface area contributed by atoms with E-state index in [4.69, 9.17) is 0 Å². The van der Waals surface area contributed by atoms with E-state index in [2.05, 4.69) is 10.3 Å². The molecule has 144 valence electrons. The van der Waals surface area contributed by atoms with Gasteiger partial charge in [-0.15, -0.1) is 0 Å². The molecule has 1 amide bonds. The van der Waals surface area contributed by atoms with Crippen LogP contribution in [0.4, 0.5) is 5.69 Å². The number of ketones is 1. The zero-order chi connectivity index (χ0) is 20.3. The highest BCUT2D eigenvalue weighted by Crippen LogP contribution is 2.22. The lowest BCUT2D eigenvalue weighted by Crippen LogP contribution is -2.25. The van der Waals surface area contributed by atoms with Crippen LogP contribution in [0.2, 0.25) is 0 Å². The van der Waals surface area contributed by atoms with Gasteiger partial charge in [0, 0.05) is 24.2 Å². The van der Waals surface area contributed by atoms with E-state index in [0.29, 0.717) is 27.3 Å². The Morgan fingerprint density at radius 3 is 2.43 bits per heavy atom. The van der Waals surface area contributed by atoms with E-state index in [1.54, 1.807) is 41.0 Å². The van der Waals surface area contributed by atoms with E-state index in [9.17, 15) is 14.4 Å². The molecule has 1 aromatic heterocycles. The molecule has 0 spiro atoms. The first-order valence-corrected chi connectivity index (χ1v) is 9.90. The quantitative estimate of drug-likeness (QED) is 0.389. The number of amides is 1. The average molecular weight is 395 g/mol. The molecule has 0 aliphatic carbocycles. The molecule has 0 saturated heterocycles. The Bertz CT molecular complexity index is 1090. The van der Waals surface area contributed by atoms with Gasteiger partial charge in [0.1, 0.15) is 0 Å². The maximum atomic E-state index is 12.8. The summed E-state index contributed by atoms with van der Waals surface area (Å²) in [6.07, 6.45) is 0. The van der Waals surface area contributed by atoms with Crippen LogP contribution in [0.3, 0.4) is 0 Å². The fourth-order valence-electron chi connectivity index (χ4n) is 2.84. The van der Waals surface area contributed by atoms with Crippen molar-refractivity contribution in [1.82, 2.24) is 9.55 Å². The lowest BCUT2D eigenvalue weighted by atomic mass is 10.1. The van der Waals surface area contributed by atoms with Crippen LogP contribution in [-0.2, 0) is 4.79 Å². The third-order valence-electron chi connectivity index (χ3n) is 4.15. The first-order valence-electron chi connectivity index (χ1n) is 8.91. The molecule has 1 heterocycles. The van der Waals surface area contributed by atoms with Crippen molar-refractivity contribution in [3.05, 3.63) is 64.4 Å². The monoisotopic (exact) mass is 395 g/mol. The average Bonchev–Trinajstić information content (AvgIpc) is 2.66. The third-order valence-corrected chi connectivity index (χ3v) is 5.10. The zero-order valence-corrected chi connectivity index (χ0v) is 16.7. The van der Waals surface area contributed by atoms with Crippen molar-refractivity contribution in [2.24, 2.45) is 0 Å². The van der Waals surface area contributed by atoms with Crippen LogP contribution in [0.5, 0.6) is 0 Å². The van der Waals surface area contributed by atoms with Crippen LogP contribution in [0.15, 0.2) is 58.5 Å². The molecular formula is C21H21N3O3S. The summed E-state index contributed by atoms with van der Waals surface area (Å²) in [4.78, 5) is 41.1. The van der Waals surface area contributed by atoms with Crippen molar-refractivity contribution >= 4 is 40.0 Å². The highest BCUT2D eigenvalue weighted by Gasteiger charge is 2.16. The van der Waals surface area contributed by atoms with Crippen molar-refractivity contribution in [2.45, 2.75) is 32.0 Å². The van der Waals surface area contributed by atoms with Crippen LogP contribution in [0.25, 0.3) is 10.9 Å². The fourth-order valence-corrected chi connectivity index (χ4v) is 3.86. The second-order valence-electron chi connectivity index (χ2n) is 6.65. The Balaban J connectivity index is 1.83. The lowest BCUT2D eigenvalue weighted by Gasteiger charge is -2.15. The number of carbonyl (C=O) groups excluding carboxylic acids is 2. The number of rotatable bonds is 6. The zero-order valence-electron chi connectivity index (χ0n) is 15.9. The van der Waals surface area contributed by atoms with E-state index >= 15 is 0 Å². The van der Waals surface area contributed by atoms with Gasteiger partial charge in [-0.1, -0.05) is 23.9 Å². The number of benzene rings is 2. The number of hydrogen-bond donors (Lipinski definition) is 1. The van der Waals surface area contributed by atoms with Gasteiger partial charge in [-0.25, -0.2) is 4.98 Å². The second kappa shape index (κ2) is 8.39. The van der Waals surface area contributed by atoms with E-state index in [1.165, 1.54) is 18.7 Å². The molecule has 0 bridgehead atoms. The van der Waals surface area contributed by atoms with Gasteiger partial charge in [0.15, 0.2) is 10.9 Å². The van der Waals surface area contributed by atoms with E-state index in [0.717, 1.165) is 0 Å². The fraction of sp³-hybridized carbons (Fsp3) is 0.238. The summed E-state index contributed by atoms with van der Waals surface area (Å²) < 4.78 is 1.63. The van der Waals surface area contributed by atoms with Crippen molar-refractivity contribution in [2.75, 3.05) is 11.1 Å². The van der Waals surface area contributed by atoms with Crippen molar-refractivity contribution in [3.63, 3.8) is 0 Å². The molecule has 0 atom stereocenters. The molecule has 0 aliphatic heterocycles. The largest absolute Gasteiger partial charge is 0.326 e. The number of Topliss-reactive ketones (excluding diaryl/α,β-unsaturated/α-hetero) is 1. The minimum Gasteiger partial charge on any atom is -0.326 e. The normalized spacial score (nSPS) is 11.0. The summed E-state index contributed by atoms with van der Waals surface area (Å²) >= 11 is 1.25. The van der Waals surface area contributed by atoms with Crippen molar-refractivity contribution in [3.8, 4) is 0 Å². The number of carbonyl (C=O) groups is 2. The summed E-state index contributed by atoms with van der Waals surface area (Å²) in [7, 11) is 0. The van der Waals surface area contributed by atoms with E-state index in [-0.39, 0.29) is 29.0 Å². The maximum absolute atomic E-state index is 12.8. The maximum Gasteiger partial charge on any atom is 0.262 e. The van der Waals surface area contributed by atoms with Gasteiger partial charge < -0.3 is 5.32 Å². The second-order valence-corrected chi connectivity index (χ2v) is 7.59. The summed E-state index contributed by atoms with van der Waals surface area (Å²) in [6, 6.07) is 13.9. The number of aromatic nitrogens is 2. The highest BCUT2D eigenvalue weighted by molar-refractivity contribution is 7.99. The standard InChI is InChI=1S/C21H21N3O3S/c1-13(2)24-20(27)17-6-4-5-7-18(17)23-21(24)28-12-19(26)15-8-10-16(11-9-15)22-14(3)25/h4-11,13H,12H2,1-3H3,(H,22,25). The first kappa shape index (κ1) is 19.8. The molecule has 2 aromatic carbocycles. The Morgan fingerprint density at radius 1 is 1.11 bits per heavy atom. The molecule has 0 unspecified atom stereocenters. The SMILES string of the molecule is CC(=O)Nc1ccc(C(=O)CSc2nc3ccccc3c(=O)n2C(C)C)cc1. The van der Waals surface area contributed by atoms with E-state index < -0.39 is 0 Å². The van der Waals surface area contributed by atoms with Gasteiger partial charge in [0.05, 0.1) is 16.7 Å². The number of hydrogen-bond acceptors (Lipinski definition) is 5. The molecule has 0 radical (unpaired) electrons. The van der Waals surface area contributed by atoms with Gasteiger partial charge in [-0.2, -0.15) is 0 Å². The van der Waals surface area contributed by atoms with Gasteiger partial charge in [0.2, 0.25) is 5.91 Å². The molecule has 6 nitrogen and oxygen atoms in total. The lowest BCUT2D eigenvalue weighted by molar-refractivity contribution is -0.114. The molecule has 0 fully saturated rings. The Labute approximate surface area is 167 Å². The topological polar surface area (TPSA) is 81.1 Å². The number of para-hydroxylation sites is 1. The van der Waals surface area contributed by atoms with Gasteiger partial charge >= 0.3 is 0 Å². The van der Waals surface area contributed by atoms with Crippen LogP contribution < -0.4 is 10.9 Å². The molecule has 1 N–H and O–H groups in total. The third kappa shape index (κ3) is 4.31. The highest BCUT2D eigenvalue weighted by atomic mass is 32.2. The molecule has 3 aromatic rings. The predicted octanol–water partition coefficient (Wildman–Crippen LogP) is 3.91. The van der Waals surface area contributed by atoms with Crippen LogP contribution in [0, 0.1) is 0 Å². The Kier molecular flexibility index (Phi) is 5.94. The predicted molar refractivity (Wildman–Crippen MR) is 112 cm³/mol. The van der Waals surface area contributed by atoms with Gasteiger partial charge in [0.25, 0.3) is 5.56 Å². The number of nitrogens with one attached hydrogen (secondary N) is 1. The number of fused-ring (bicyclic) bond motifs is 1. The number of thioether (sulfide) groups is 1. The minimum atomic E-state index is -0.163. The van der Waals surface area contributed by atoms with Crippen molar-refractivity contribution < 1.29 is 9.59 Å². The summed E-state index contributed by atoms with van der Waals surface area (Å²) in [5.74, 6) is -0.0717. The molecule has 3 rings (SSSR count). The number of anilines is 1.